The van der Waals surface area contributed by atoms with E-state index in [1.165, 1.54) is 0 Å². The van der Waals surface area contributed by atoms with Crippen LogP contribution in [0.4, 0.5) is 14.4 Å². The molecule has 6 amide bonds. The van der Waals surface area contributed by atoms with Crippen LogP contribution in [-0.4, -0.2) is 91.6 Å². The maximum atomic E-state index is 14.1. The molecule has 13 nitrogen and oxygen atoms in total. The maximum Gasteiger partial charge on any atom is 0.404 e. The molecule has 1 saturated heterocycles. The second kappa shape index (κ2) is 16.5. The van der Waals surface area contributed by atoms with Gasteiger partial charge in [-0.05, 0) is 24.8 Å². The molecule has 1 aromatic carbocycles. The van der Waals surface area contributed by atoms with Crippen LogP contribution in [0.3, 0.4) is 0 Å². The van der Waals surface area contributed by atoms with E-state index in [9.17, 15) is 24.0 Å². The molecule has 2 unspecified atom stereocenters. The second-order valence-electron chi connectivity index (χ2n) is 9.71. The number of rotatable bonds is 18. The maximum absolute atomic E-state index is 14.1. The Labute approximate surface area is 240 Å². The van der Waals surface area contributed by atoms with Crippen LogP contribution < -0.4 is 11.5 Å². The van der Waals surface area contributed by atoms with E-state index in [0.717, 1.165) is 35.5 Å². The minimum Gasteiger partial charge on any atom is -0.442 e. The average molecular weight is 579 g/mol. The molecule has 0 spiro atoms. The molecule has 0 saturated carbocycles. The van der Waals surface area contributed by atoms with Crippen molar-refractivity contribution < 1.29 is 42.9 Å². The summed E-state index contributed by atoms with van der Waals surface area (Å²) in [7, 11) is 0. The van der Waals surface area contributed by atoms with Gasteiger partial charge >= 0.3 is 18.2 Å². The lowest BCUT2D eigenvalue weighted by Gasteiger charge is -2.45. The van der Waals surface area contributed by atoms with Crippen molar-refractivity contribution in [3.8, 4) is 0 Å². The summed E-state index contributed by atoms with van der Waals surface area (Å²) in [6.45, 7) is 5.27. The molecular weight excluding hydrogens is 536 g/mol. The van der Waals surface area contributed by atoms with Gasteiger partial charge < -0.3 is 30.4 Å². The van der Waals surface area contributed by atoms with Gasteiger partial charge in [0.25, 0.3) is 11.8 Å². The van der Waals surface area contributed by atoms with E-state index < -0.39 is 60.7 Å². The normalized spacial score (nSPS) is 18.8. The third-order valence-electron chi connectivity index (χ3n) is 6.71. The van der Waals surface area contributed by atoms with Gasteiger partial charge in [0.05, 0.1) is 26.3 Å². The third-order valence-corrected chi connectivity index (χ3v) is 6.71. The lowest BCUT2D eigenvalue weighted by atomic mass is 9.74. The van der Waals surface area contributed by atoms with E-state index in [1.54, 1.807) is 37.3 Å². The van der Waals surface area contributed by atoms with E-state index in [-0.39, 0.29) is 19.6 Å². The van der Waals surface area contributed by atoms with Gasteiger partial charge in [-0.2, -0.15) is 0 Å². The second-order valence-corrected chi connectivity index (χ2v) is 9.71. The predicted molar refractivity (Wildman–Crippen MR) is 148 cm³/mol. The summed E-state index contributed by atoms with van der Waals surface area (Å²) in [6, 6.07) is 7.38. The number of ether oxygens (including phenoxy) is 4. The minimum absolute atomic E-state index is 0.0116. The molecule has 0 aliphatic carbocycles. The molecule has 1 fully saturated rings. The van der Waals surface area contributed by atoms with Crippen molar-refractivity contribution in [2.75, 3.05) is 39.5 Å². The molecule has 1 heterocycles. The number of carbonyl (C=O) groups excluding carboxylic acids is 5. The summed E-state index contributed by atoms with van der Waals surface area (Å²) < 4.78 is 21.5. The lowest BCUT2D eigenvalue weighted by molar-refractivity contribution is -0.155. The van der Waals surface area contributed by atoms with Gasteiger partial charge in [0.1, 0.15) is 12.2 Å². The monoisotopic (exact) mass is 578 g/mol. The number of hydrogen-bond acceptors (Lipinski definition) is 9. The number of primary amides is 2. The molecule has 1 aromatic rings. The Bertz CT molecular complexity index is 981. The fourth-order valence-corrected chi connectivity index (χ4v) is 4.58. The van der Waals surface area contributed by atoms with Crippen LogP contribution in [0.1, 0.15) is 58.4 Å². The molecular formula is C28H42N4O9. The van der Waals surface area contributed by atoms with Crippen molar-refractivity contribution in [2.24, 2.45) is 11.5 Å². The number of carbonyl (C=O) groups is 5. The Morgan fingerprint density at radius 2 is 1.22 bits per heavy atom. The number of urea groups is 1. The van der Waals surface area contributed by atoms with Gasteiger partial charge in [0.15, 0.2) is 5.41 Å². The van der Waals surface area contributed by atoms with Crippen LogP contribution in [0.15, 0.2) is 30.3 Å². The summed E-state index contributed by atoms with van der Waals surface area (Å²) in [4.78, 5) is 66.9. The van der Waals surface area contributed by atoms with Crippen molar-refractivity contribution in [3.05, 3.63) is 35.9 Å². The van der Waals surface area contributed by atoms with Crippen LogP contribution in [0, 0.1) is 0 Å². The Balaban J connectivity index is 2.49. The lowest BCUT2D eigenvalue weighted by Crippen LogP contribution is -2.69. The van der Waals surface area contributed by atoms with Gasteiger partial charge in [-0.3, -0.25) is 19.4 Å². The number of barbiturate groups is 1. The molecule has 4 N–H and O–H groups in total. The van der Waals surface area contributed by atoms with Crippen molar-refractivity contribution in [3.63, 3.8) is 0 Å². The molecule has 41 heavy (non-hydrogen) atoms. The van der Waals surface area contributed by atoms with Crippen molar-refractivity contribution >= 4 is 30.0 Å². The number of hydrogen-bond donors (Lipinski definition) is 2. The molecule has 2 rings (SSSR count). The fourth-order valence-electron chi connectivity index (χ4n) is 4.58. The zero-order valence-corrected chi connectivity index (χ0v) is 24.0. The topological polar surface area (TPSA) is 181 Å². The highest BCUT2D eigenvalue weighted by Crippen LogP contribution is 2.37. The first kappa shape index (κ1) is 33.5. The first-order chi connectivity index (χ1) is 19.6. The molecule has 0 aromatic heterocycles. The zero-order valence-electron chi connectivity index (χ0n) is 24.0. The summed E-state index contributed by atoms with van der Waals surface area (Å²) in [5.74, 6) is -1.56. The highest BCUT2D eigenvalue weighted by atomic mass is 16.6. The Morgan fingerprint density at radius 1 is 0.780 bits per heavy atom. The number of nitrogens with two attached hydrogens (primary N) is 2. The molecule has 0 bridgehead atoms. The quantitative estimate of drug-likeness (QED) is 0.195. The first-order valence-electron chi connectivity index (χ1n) is 13.9. The standard InChI is InChI=1S/C28H42N4O9/c1-4-7-14-38-18-21(40-25(29)35)16-31-23(33)28(6-3,20-12-10-9-11-13-20)24(34)32(27(31)37)17-22(41-26(30)36)19-39-15-8-5-2/h9-13,21-22H,4-8,14-19H2,1-3H3,(H2,29,35)(H2,30,36). The molecule has 228 valence electrons. The SMILES string of the molecule is CCCCOCC(CN1C(=O)N(CC(COCCCC)OC(N)=O)C(=O)C(CC)(c2ccccc2)C1=O)OC(N)=O. The third kappa shape index (κ3) is 8.89. The Kier molecular flexibility index (Phi) is 13.5. The molecule has 2 atom stereocenters. The highest BCUT2D eigenvalue weighted by Gasteiger charge is 2.58. The predicted octanol–water partition coefficient (Wildman–Crippen LogP) is 2.69. The van der Waals surface area contributed by atoms with Crippen LogP contribution in [0.25, 0.3) is 0 Å². The van der Waals surface area contributed by atoms with Gasteiger partial charge in [0, 0.05) is 13.2 Å². The van der Waals surface area contributed by atoms with Crippen molar-refractivity contribution in [1.29, 1.82) is 0 Å². The summed E-state index contributed by atoms with van der Waals surface area (Å²) in [5, 5.41) is 0. The Hall–Kier alpha value is -3.71. The molecule has 1 aliphatic heterocycles. The van der Waals surface area contributed by atoms with Crippen molar-refractivity contribution in [2.45, 2.75) is 70.5 Å². The van der Waals surface area contributed by atoms with E-state index >= 15 is 0 Å². The van der Waals surface area contributed by atoms with Crippen LogP contribution in [0.2, 0.25) is 0 Å². The summed E-state index contributed by atoms with van der Waals surface area (Å²) >= 11 is 0. The summed E-state index contributed by atoms with van der Waals surface area (Å²) in [6.07, 6.45) is -1.14. The largest absolute Gasteiger partial charge is 0.442 e. The minimum atomic E-state index is -1.78. The molecule has 1 aliphatic rings. The van der Waals surface area contributed by atoms with E-state index in [4.69, 9.17) is 30.4 Å². The summed E-state index contributed by atoms with van der Waals surface area (Å²) in [5.41, 5.74) is 9.10. The smallest absolute Gasteiger partial charge is 0.404 e. The number of benzene rings is 1. The average Bonchev–Trinajstić information content (AvgIpc) is 2.94. The molecule has 0 radical (unpaired) electrons. The van der Waals surface area contributed by atoms with E-state index in [2.05, 4.69) is 0 Å². The van der Waals surface area contributed by atoms with Gasteiger partial charge in [-0.1, -0.05) is 63.9 Å². The van der Waals surface area contributed by atoms with Gasteiger partial charge in [-0.25, -0.2) is 14.4 Å². The Morgan fingerprint density at radius 3 is 1.59 bits per heavy atom. The van der Waals surface area contributed by atoms with Crippen molar-refractivity contribution in [1.82, 2.24) is 9.80 Å². The van der Waals surface area contributed by atoms with Gasteiger partial charge in [0.2, 0.25) is 0 Å². The molecule has 13 heteroatoms. The highest BCUT2D eigenvalue weighted by molar-refractivity contribution is 6.22. The number of amides is 6. The van der Waals surface area contributed by atoms with Gasteiger partial charge in [-0.15, -0.1) is 0 Å². The number of nitrogens with zero attached hydrogens (tertiary/aromatic N) is 2. The van der Waals surface area contributed by atoms with Crippen LogP contribution >= 0.6 is 0 Å². The number of imide groups is 2. The first-order valence-corrected chi connectivity index (χ1v) is 13.9. The van der Waals surface area contributed by atoms with Crippen LogP contribution in [-0.2, 0) is 34.0 Å². The zero-order chi connectivity index (χ0) is 30.4. The van der Waals surface area contributed by atoms with Crippen LogP contribution in [0.5, 0.6) is 0 Å². The number of unbranched alkanes of at least 4 members (excludes halogenated alkanes) is 2. The fraction of sp³-hybridized carbons (Fsp3) is 0.607. The van der Waals surface area contributed by atoms with E-state index in [1.807, 2.05) is 13.8 Å². The van der Waals surface area contributed by atoms with E-state index in [0.29, 0.717) is 18.8 Å².